The molecule has 2 bridgehead atoms. The highest BCUT2D eigenvalue weighted by Gasteiger charge is 2.73. The summed E-state index contributed by atoms with van der Waals surface area (Å²) < 4.78 is 0. The van der Waals surface area contributed by atoms with Gasteiger partial charge in [-0.3, -0.25) is 19.3 Å². The van der Waals surface area contributed by atoms with Gasteiger partial charge >= 0.3 is 0 Å². The van der Waals surface area contributed by atoms with E-state index < -0.39 is 45.3 Å². The minimum absolute atomic E-state index is 0.153. The van der Waals surface area contributed by atoms with Crippen LogP contribution in [0.1, 0.15) is 33.4 Å². The summed E-state index contributed by atoms with van der Waals surface area (Å²) in [7, 11) is 0. The van der Waals surface area contributed by atoms with E-state index in [0.717, 1.165) is 38.3 Å². The van der Waals surface area contributed by atoms with E-state index >= 15 is 0 Å². The van der Waals surface area contributed by atoms with Gasteiger partial charge < -0.3 is 5.32 Å². The Hall–Kier alpha value is -3.93. The van der Waals surface area contributed by atoms with Gasteiger partial charge in [0.25, 0.3) is 0 Å². The van der Waals surface area contributed by atoms with Crippen LogP contribution in [0.4, 0.5) is 5.69 Å². The average Bonchev–Trinajstić information content (AvgIpc) is 3.27. The van der Waals surface area contributed by atoms with Crippen LogP contribution in [0.5, 0.6) is 0 Å². The monoisotopic (exact) mass is 580 g/mol. The number of halogens is 2. The van der Waals surface area contributed by atoms with Crippen LogP contribution >= 0.6 is 23.2 Å². The number of benzene rings is 4. The van der Waals surface area contributed by atoms with Gasteiger partial charge in [-0.05, 0) is 46.4 Å². The average molecular weight is 581 g/mol. The lowest BCUT2D eigenvalue weighted by Gasteiger charge is -2.54. The number of rotatable bonds is 5. The second-order valence-corrected chi connectivity index (χ2v) is 12.2. The summed E-state index contributed by atoms with van der Waals surface area (Å²) in [6, 6.07) is 30.7. The van der Waals surface area contributed by atoms with Crippen molar-refractivity contribution in [2.24, 2.45) is 11.8 Å². The summed E-state index contributed by atoms with van der Waals surface area (Å²) in [5, 5.41) is 2.97. The van der Waals surface area contributed by atoms with Crippen molar-refractivity contribution < 1.29 is 14.4 Å². The van der Waals surface area contributed by atoms with E-state index in [-0.39, 0.29) is 6.42 Å². The number of alkyl halides is 2. The Morgan fingerprint density at radius 1 is 0.732 bits per heavy atom. The molecular weight excluding hydrogens is 555 g/mol. The molecule has 0 unspecified atom stereocenters. The number of likely N-dealkylation sites (tertiary alicyclic amines) is 1. The van der Waals surface area contributed by atoms with E-state index in [2.05, 4.69) is 5.32 Å². The molecule has 4 aromatic carbocycles. The molecule has 3 atom stereocenters. The van der Waals surface area contributed by atoms with Crippen LogP contribution < -0.4 is 5.32 Å². The van der Waals surface area contributed by atoms with Crippen LogP contribution in [0.15, 0.2) is 103 Å². The lowest BCUT2D eigenvalue weighted by atomic mass is 9.54. The molecule has 204 valence electrons. The number of amides is 3. The van der Waals surface area contributed by atoms with E-state index in [1.165, 1.54) is 0 Å². The molecule has 0 aromatic heterocycles. The lowest BCUT2D eigenvalue weighted by molar-refractivity contribution is -0.146. The first kappa shape index (κ1) is 26.0. The van der Waals surface area contributed by atoms with E-state index in [1.54, 1.807) is 6.07 Å². The van der Waals surface area contributed by atoms with Crippen LogP contribution in [0, 0.1) is 18.8 Å². The fourth-order valence-electron chi connectivity index (χ4n) is 7.06. The van der Waals surface area contributed by atoms with Crippen molar-refractivity contribution in [1.29, 1.82) is 0 Å². The topological polar surface area (TPSA) is 66.5 Å². The molecule has 41 heavy (non-hydrogen) atoms. The van der Waals surface area contributed by atoms with Crippen LogP contribution in [-0.2, 0) is 30.6 Å². The Balaban J connectivity index is 1.37. The zero-order valence-electron chi connectivity index (χ0n) is 22.2. The molecule has 5 nitrogen and oxygen atoms in total. The molecule has 1 heterocycles. The molecule has 7 heteroatoms. The van der Waals surface area contributed by atoms with Crippen molar-refractivity contribution in [3.63, 3.8) is 0 Å². The second kappa shape index (κ2) is 9.30. The number of nitrogens with one attached hydrogen (secondary N) is 1. The number of carbonyl (C=O) groups excluding carboxylic acids is 3. The number of carbonyl (C=O) groups is 3. The number of para-hydroxylation sites is 1. The molecule has 4 aliphatic rings. The molecule has 0 saturated carbocycles. The molecule has 1 fully saturated rings. The zero-order chi connectivity index (χ0) is 28.5. The number of anilines is 1. The van der Waals surface area contributed by atoms with Crippen molar-refractivity contribution in [1.82, 2.24) is 4.90 Å². The van der Waals surface area contributed by atoms with Gasteiger partial charge in [-0.1, -0.05) is 97.1 Å². The molecule has 0 radical (unpaired) electrons. The number of hydrogen-bond donors (Lipinski definition) is 1. The fraction of sp³-hybridized carbons (Fsp3) is 0.206. The fourth-order valence-corrected chi connectivity index (χ4v) is 8.16. The molecule has 3 aliphatic carbocycles. The minimum Gasteiger partial charge on any atom is -0.324 e. The van der Waals surface area contributed by atoms with Crippen LogP contribution in [0.2, 0.25) is 0 Å². The number of nitrogens with zero attached hydrogens (tertiary/aromatic N) is 1. The standard InChI is InChI=1S/C34H26Cl2N2O3/c1-20-11-5-10-18-26(20)37-30(39)27(19-21-12-3-2-4-13-21)38-31(40)28-29(32(38)41)34(36)23-15-7-6-14-22(23)33(28,35)24-16-8-9-17-25(24)34/h2-18,27-29H,19H2,1H3,(H,37,39)/t27-,28-,29+,33?,34?/m0/s1. The van der Waals surface area contributed by atoms with Gasteiger partial charge in [0.1, 0.15) is 15.8 Å². The first-order valence-corrected chi connectivity index (χ1v) is 14.4. The second-order valence-electron chi connectivity index (χ2n) is 11.0. The Labute approximate surface area is 248 Å². The van der Waals surface area contributed by atoms with Gasteiger partial charge in [0, 0.05) is 12.1 Å². The van der Waals surface area contributed by atoms with E-state index in [4.69, 9.17) is 23.2 Å². The summed E-state index contributed by atoms with van der Waals surface area (Å²) >= 11 is 15.2. The summed E-state index contributed by atoms with van der Waals surface area (Å²) in [6.45, 7) is 1.89. The maximum absolute atomic E-state index is 14.5. The third-order valence-electron chi connectivity index (χ3n) is 8.91. The molecule has 3 amide bonds. The molecular formula is C34H26Cl2N2O3. The van der Waals surface area contributed by atoms with Crippen molar-refractivity contribution >= 4 is 46.6 Å². The van der Waals surface area contributed by atoms with E-state index in [1.807, 2.05) is 104 Å². The lowest BCUT2D eigenvalue weighted by Crippen LogP contribution is -2.57. The Morgan fingerprint density at radius 2 is 1.17 bits per heavy atom. The van der Waals surface area contributed by atoms with Gasteiger partial charge in [0.2, 0.25) is 17.7 Å². The highest BCUT2D eigenvalue weighted by atomic mass is 35.5. The number of aryl methyl sites for hydroxylation is 1. The first-order chi connectivity index (χ1) is 19.8. The summed E-state index contributed by atoms with van der Waals surface area (Å²) in [5.41, 5.74) is 5.22. The Kier molecular flexibility index (Phi) is 5.90. The maximum Gasteiger partial charge on any atom is 0.248 e. The quantitative estimate of drug-likeness (QED) is 0.228. The smallest absolute Gasteiger partial charge is 0.248 e. The van der Waals surface area contributed by atoms with Crippen LogP contribution in [0.3, 0.4) is 0 Å². The molecule has 4 aromatic rings. The third-order valence-corrected chi connectivity index (χ3v) is 10.2. The predicted molar refractivity (Wildman–Crippen MR) is 159 cm³/mol. The van der Waals surface area contributed by atoms with Crippen molar-refractivity contribution in [3.05, 3.63) is 137 Å². The highest BCUT2D eigenvalue weighted by Crippen LogP contribution is 2.69. The van der Waals surface area contributed by atoms with Crippen molar-refractivity contribution in [2.75, 3.05) is 5.32 Å². The molecule has 1 saturated heterocycles. The molecule has 1 aliphatic heterocycles. The van der Waals surface area contributed by atoms with E-state index in [9.17, 15) is 14.4 Å². The normalized spacial score (nSPS) is 26.3. The van der Waals surface area contributed by atoms with Gasteiger partial charge in [-0.25, -0.2) is 0 Å². The summed E-state index contributed by atoms with van der Waals surface area (Å²) in [4.78, 5) is 41.6. The Morgan fingerprint density at radius 3 is 1.66 bits per heavy atom. The summed E-state index contributed by atoms with van der Waals surface area (Å²) in [6.07, 6.45) is 0.153. The van der Waals surface area contributed by atoms with Crippen molar-refractivity contribution in [3.8, 4) is 0 Å². The van der Waals surface area contributed by atoms with Gasteiger partial charge in [0.15, 0.2) is 0 Å². The van der Waals surface area contributed by atoms with Gasteiger partial charge in [-0.2, -0.15) is 0 Å². The van der Waals surface area contributed by atoms with Crippen LogP contribution in [0.25, 0.3) is 0 Å². The largest absolute Gasteiger partial charge is 0.324 e. The summed E-state index contributed by atoms with van der Waals surface area (Å²) in [5.74, 6) is -3.35. The predicted octanol–water partition coefficient (Wildman–Crippen LogP) is 6.14. The molecule has 0 spiro atoms. The Bertz CT molecular complexity index is 1620. The van der Waals surface area contributed by atoms with Crippen molar-refractivity contribution in [2.45, 2.75) is 29.1 Å². The maximum atomic E-state index is 14.5. The highest BCUT2D eigenvalue weighted by molar-refractivity contribution is 6.36. The zero-order valence-corrected chi connectivity index (χ0v) is 23.7. The number of imide groups is 1. The number of hydrogen-bond acceptors (Lipinski definition) is 3. The molecule has 1 N–H and O–H groups in total. The SMILES string of the molecule is Cc1ccccc1NC(=O)[C@H](Cc1ccccc1)N1C(=O)[C@@H]2[C@H](C1=O)C1(Cl)c3ccccc3C2(Cl)c2ccccc21. The van der Waals surface area contributed by atoms with Gasteiger partial charge in [0.05, 0.1) is 11.8 Å². The first-order valence-electron chi connectivity index (χ1n) is 13.6. The molecule has 8 rings (SSSR count). The van der Waals surface area contributed by atoms with Gasteiger partial charge in [-0.15, -0.1) is 23.2 Å². The van der Waals surface area contributed by atoms with Crippen LogP contribution in [-0.4, -0.2) is 28.7 Å². The third kappa shape index (κ3) is 3.52. The van der Waals surface area contributed by atoms with E-state index in [0.29, 0.717) is 5.69 Å². The minimum atomic E-state index is -1.31.